The molecule has 2 unspecified atom stereocenters. The summed E-state index contributed by atoms with van der Waals surface area (Å²) in [5.41, 5.74) is 0. The van der Waals surface area contributed by atoms with Crippen molar-refractivity contribution in [3.05, 3.63) is 0 Å². The lowest BCUT2D eigenvalue weighted by Crippen LogP contribution is -2.57. The third-order valence-electron chi connectivity index (χ3n) is 3.14. The summed E-state index contributed by atoms with van der Waals surface area (Å²) in [4.78, 5) is 13.5. The summed E-state index contributed by atoms with van der Waals surface area (Å²) < 4.78 is 5.05. The Bertz CT molecular complexity index is 220. The molecule has 2 fully saturated rings. The fourth-order valence-electron chi connectivity index (χ4n) is 2.52. The molecular formula is C10H18N2O2. The Morgan fingerprint density at radius 2 is 2.43 bits per heavy atom. The molecule has 4 nitrogen and oxygen atoms in total. The fourth-order valence-corrected chi connectivity index (χ4v) is 2.52. The number of hydrogen-bond donors (Lipinski definition) is 1. The maximum absolute atomic E-state index is 11.6. The molecule has 2 atom stereocenters. The van der Waals surface area contributed by atoms with Gasteiger partial charge in [0.25, 0.3) is 0 Å². The van der Waals surface area contributed by atoms with Crippen LogP contribution < -0.4 is 5.32 Å². The van der Waals surface area contributed by atoms with Crippen LogP contribution in [-0.4, -0.2) is 42.8 Å². The highest BCUT2D eigenvalue weighted by atomic mass is 16.6. The van der Waals surface area contributed by atoms with Crippen LogP contribution in [0, 0.1) is 0 Å². The van der Waals surface area contributed by atoms with E-state index in [1.807, 2.05) is 11.8 Å². The van der Waals surface area contributed by atoms with Gasteiger partial charge in [-0.05, 0) is 26.2 Å². The number of ether oxygens (including phenoxy) is 1. The molecule has 0 spiro atoms. The van der Waals surface area contributed by atoms with Crippen LogP contribution in [0.1, 0.15) is 26.2 Å². The average Bonchev–Trinajstić information content (AvgIpc) is 2.65. The van der Waals surface area contributed by atoms with Gasteiger partial charge in [0.2, 0.25) is 0 Å². The topological polar surface area (TPSA) is 41.6 Å². The maximum Gasteiger partial charge on any atom is 0.410 e. The summed E-state index contributed by atoms with van der Waals surface area (Å²) in [6.45, 7) is 4.02. The van der Waals surface area contributed by atoms with Gasteiger partial charge in [0.05, 0.1) is 12.6 Å². The van der Waals surface area contributed by atoms with E-state index in [0.29, 0.717) is 18.7 Å². The summed E-state index contributed by atoms with van der Waals surface area (Å²) >= 11 is 0. The molecule has 0 aromatic heterocycles. The summed E-state index contributed by atoms with van der Waals surface area (Å²) in [5, 5.41) is 3.46. The SMILES string of the molecule is CCOC(=O)N1CCNC2CCCC21. The van der Waals surface area contributed by atoms with Gasteiger partial charge < -0.3 is 15.0 Å². The minimum absolute atomic E-state index is 0.133. The largest absolute Gasteiger partial charge is 0.450 e. The Hall–Kier alpha value is -0.770. The van der Waals surface area contributed by atoms with Gasteiger partial charge in [-0.3, -0.25) is 0 Å². The van der Waals surface area contributed by atoms with Crippen molar-refractivity contribution in [3.63, 3.8) is 0 Å². The third-order valence-corrected chi connectivity index (χ3v) is 3.14. The summed E-state index contributed by atoms with van der Waals surface area (Å²) in [6, 6.07) is 0.885. The number of piperazine rings is 1. The molecule has 1 N–H and O–H groups in total. The van der Waals surface area contributed by atoms with E-state index < -0.39 is 0 Å². The van der Waals surface area contributed by atoms with Crippen molar-refractivity contribution < 1.29 is 9.53 Å². The van der Waals surface area contributed by atoms with E-state index in [0.717, 1.165) is 19.5 Å². The van der Waals surface area contributed by atoms with Gasteiger partial charge in [-0.15, -0.1) is 0 Å². The van der Waals surface area contributed by atoms with Crippen molar-refractivity contribution in [2.45, 2.75) is 38.3 Å². The third kappa shape index (κ3) is 1.71. The normalized spacial score (nSPS) is 31.4. The summed E-state index contributed by atoms with van der Waals surface area (Å²) in [5.74, 6) is 0. The smallest absolute Gasteiger partial charge is 0.410 e. The predicted molar refractivity (Wildman–Crippen MR) is 53.2 cm³/mol. The predicted octanol–water partition coefficient (Wildman–Crippen LogP) is 0.969. The second-order valence-corrected chi connectivity index (χ2v) is 3.95. The van der Waals surface area contributed by atoms with Crippen molar-refractivity contribution in [1.82, 2.24) is 10.2 Å². The first kappa shape index (κ1) is 9.77. The van der Waals surface area contributed by atoms with Crippen LogP contribution in [0.4, 0.5) is 4.79 Å². The summed E-state index contributed by atoms with van der Waals surface area (Å²) in [7, 11) is 0. The molecule has 1 saturated carbocycles. The molecule has 1 aliphatic carbocycles. The average molecular weight is 198 g/mol. The second-order valence-electron chi connectivity index (χ2n) is 3.95. The molecule has 0 aromatic carbocycles. The van der Waals surface area contributed by atoms with Crippen LogP contribution in [0.2, 0.25) is 0 Å². The van der Waals surface area contributed by atoms with Gasteiger partial charge in [0, 0.05) is 19.1 Å². The van der Waals surface area contributed by atoms with E-state index in [1.54, 1.807) is 0 Å². The Morgan fingerprint density at radius 1 is 1.57 bits per heavy atom. The molecule has 1 saturated heterocycles. The molecule has 0 aromatic rings. The van der Waals surface area contributed by atoms with Crippen LogP contribution in [0.15, 0.2) is 0 Å². The molecule has 4 heteroatoms. The molecule has 1 aliphatic heterocycles. The van der Waals surface area contributed by atoms with E-state index in [9.17, 15) is 4.79 Å². The first-order valence-electron chi connectivity index (χ1n) is 5.49. The minimum atomic E-state index is -0.133. The first-order valence-corrected chi connectivity index (χ1v) is 5.49. The Morgan fingerprint density at radius 3 is 3.21 bits per heavy atom. The van der Waals surface area contributed by atoms with Crippen LogP contribution in [-0.2, 0) is 4.74 Å². The highest BCUT2D eigenvalue weighted by molar-refractivity contribution is 5.68. The van der Waals surface area contributed by atoms with Crippen LogP contribution >= 0.6 is 0 Å². The van der Waals surface area contributed by atoms with Crippen molar-refractivity contribution in [1.29, 1.82) is 0 Å². The molecule has 2 rings (SSSR count). The van der Waals surface area contributed by atoms with Crippen molar-refractivity contribution in [2.24, 2.45) is 0 Å². The van der Waals surface area contributed by atoms with Gasteiger partial charge in [0.1, 0.15) is 0 Å². The van der Waals surface area contributed by atoms with Gasteiger partial charge in [0.15, 0.2) is 0 Å². The molecule has 0 radical (unpaired) electrons. The lowest BCUT2D eigenvalue weighted by molar-refractivity contribution is 0.0739. The lowest BCUT2D eigenvalue weighted by atomic mass is 10.1. The molecule has 2 aliphatic rings. The number of nitrogens with one attached hydrogen (secondary N) is 1. The number of hydrogen-bond acceptors (Lipinski definition) is 3. The lowest BCUT2D eigenvalue weighted by Gasteiger charge is -2.37. The molecular weight excluding hydrogens is 180 g/mol. The Labute approximate surface area is 84.6 Å². The Kier molecular flexibility index (Phi) is 2.91. The van der Waals surface area contributed by atoms with Crippen molar-refractivity contribution >= 4 is 6.09 Å². The quantitative estimate of drug-likeness (QED) is 0.682. The number of carbonyl (C=O) groups is 1. The molecule has 80 valence electrons. The van der Waals surface area contributed by atoms with Gasteiger partial charge in [-0.25, -0.2) is 4.79 Å². The van der Waals surface area contributed by atoms with Gasteiger partial charge in [-0.1, -0.05) is 0 Å². The monoisotopic (exact) mass is 198 g/mol. The van der Waals surface area contributed by atoms with E-state index >= 15 is 0 Å². The van der Waals surface area contributed by atoms with E-state index in [2.05, 4.69) is 5.32 Å². The van der Waals surface area contributed by atoms with Gasteiger partial charge >= 0.3 is 6.09 Å². The number of amides is 1. The minimum Gasteiger partial charge on any atom is -0.450 e. The molecule has 1 amide bonds. The molecule has 1 heterocycles. The number of rotatable bonds is 1. The highest BCUT2D eigenvalue weighted by Gasteiger charge is 2.37. The zero-order valence-electron chi connectivity index (χ0n) is 8.66. The maximum atomic E-state index is 11.6. The number of fused-ring (bicyclic) bond motifs is 1. The number of carbonyl (C=O) groups excluding carboxylic acids is 1. The van der Waals surface area contributed by atoms with E-state index in [1.165, 1.54) is 12.8 Å². The van der Waals surface area contributed by atoms with E-state index in [4.69, 9.17) is 4.74 Å². The van der Waals surface area contributed by atoms with Crippen molar-refractivity contribution in [3.8, 4) is 0 Å². The number of nitrogens with zero attached hydrogens (tertiary/aromatic N) is 1. The van der Waals surface area contributed by atoms with Crippen LogP contribution in [0.5, 0.6) is 0 Å². The molecule has 0 bridgehead atoms. The second kappa shape index (κ2) is 4.17. The Balaban J connectivity index is 1.99. The van der Waals surface area contributed by atoms with Crippen LogP contribution in [0.3, 0.4) is 0 Å². The standard InChI is InChI=1S/C10H18N2O2/c1-2-14-10(13)12-7-6-11-8-4-3-5-9(8)12/h8-9,11H,2-7H2,1H3. The summed E-state index contributed by atoms with van der Waals surface area (Å²) in [6.07, 6.45) is 3.40. The highest BCUT2D eigenvalue weighted by Crippen LogP contribution is 2.26. The van der Waals surface area contributed by atoms with Crippen molar-refractivity contribution in [2.75, 3.05) is 19.7 Å². The van der Waals surface area contributed by atoms with Gasteiger partial charge in [-0.2, -0.15) is 0 Å². The zero-order valence-corrected chi connectivity index (χ0v) is 8.66. The first-order chi connectivity index (χ1) is 6.83. The van der Waals surface area contributed by atoms with E-state index in [-0.39, 0.29) is 6.09 Å². The fraction of sp³-hybridized carbons (Fsp3) is 0.900. The zero-order chi connectivity index (χ0) is 9.97. The molecule has 14 heavy (non-hydrogen) atoms. The van der Waals surface area contributed by atoms with Crippen LogP contribution in [0.25, 0.3) is 0 Å².